The Labute approximate surface area is 178 Å². The summed E-state index contributed by atoms with van der Waals surface area (Å²) in [6.07, 6.45) is 1.73. The maximum absolute atomic E-state index is 12.6. The Morgan fingerprint density at radius 1 is 1.19 bits per heavy atom. The van der Waals surface area contributed by atoms with Crippen LogP contribution in [0.2, 0.25) is 10.0 Å². The Kier molecular flexibility index (Phi) is 5.11. The van der Waals surface area contributed by atoms with Gasteiger partial charge in [0.25, 0.3) is 5.91 Å². The Morgan fingerprint density at radius 3 is 2.67 bits per heavy atom. The van der Waals surface area contributed by atoms with E-state index in [1.54, 1.807) is 31.3 Å². The van der Waals surface area contributed by atoms with E-state index in [4.69, 9.17) is 32.7 Å². The molecule has 2 aliphatic rings. The molecule has 1 amide bonds. The van der Waals surface area contributed by atoms with Crippen LogP contribution in [0.4, 0.5) is 5.69 Å². The van der Waals surface area contributed by atoms with Crippen molar-refractivity contribution < 1.29 is 14.3 Å². The van der Waals surface area contributed by atoms with Gasteiger partial charge in [-0.15, -0.1) is 0 Å². The highest BCUT2D eigenvalue weighted by Crippen LogP contribution is 2.40. The highest BCUT2D eigenvalue weighted by atomic mass is 79.9. The summed E-state index contributed by atoms with van der Waals surface area (Å²) >= 11 is 17.0. The van der Waals surface area contributed by atoms with Crippen molar-refractivity contribution in [2.75, 3.05) is 13.8 Å². The number of aliphatic imine (C=N–C) groups is 1. The van der Waals surface area contributed by atoms with Gasteiger partial charge in [-0.25, -0.2) is 4.99 Å². The number of rotatable bonds is 2. The van der Waals surface area contributed by atoms with Crippen molar-refractivity contribution >= 4 is 73.7 Å². The fourth-order valence-corrected chi connectivity index (χ4v) is 4.11. The van der Waals surface area contributed by atoms with Crippen LogP contribution in [0.25, 0.3) is 6.08 Å². The molecule has 9 heteroatoms. The number of thioether (sulfide) groups is 1. The zero-order valence-corrected chi connectivity index (χ0v) is 17.7. The van der Waals surface area contributed by atoms with E-state index in [2.05, 4.69) is 20.9 Å². The lowest BCUT2D eigenvalue weighted by Gasteiger charge is -2.07. The smallest absolute Gasteiger partial charge is 0.266 e. The average Bonchev–Trinajstić information content (AvgIpc) is 3.18. The number of halogens is 3. The minimum Gasteiger partial charge on any atom is -0.454 e. The number of amidine groups is 1. The molecule has 0 aromatic heterocycles. The predicted octanol–water partition coefficient (Wildman–Crippen LogP) is 5.72. The van der Waals surface area contributed by atoms with Crippen LogP contribution >= 0.6 is 50.9 Å². The van der Waals surface area contributed by atoms with Crippen LogP contribution in [0.15, 0.2) is 44.7 Å². The summed E-state index contributed by atoms with van der Waals surface area (Å²) in [7, 11) is 1.68. The molecule has 0 spiro atoms. The zero-order chi connectivity index (χ0) is 19.1. The predicted molar refractivity (Wildman–Crippen MR) is 112 cm³/mol. The molecule has 0 radical (unpaired) electrons. The summed E-state index contributed by atoms with van der Waals surface area (Å²) in [4.78, 5) is 19.1. The van der Waals surface area contributed by atoms with Gasteiger partial charge in [-0.2, -0.15) is 0 Å². The second-order valence-electron chi connectivity index (χ2n) is 5.69. The van der Waals surface area contributed by atoms with Crippen molar-refractivity contribution in [2.45, 2.75) is 0 Å². The molecule has 1 saturated heterocycles. The third-order valence-electron chi connectivity index (χ3n) is 3.91. The summed E-state index contributed by atoms with van der Waals surface area (Å²) in [5, 5.41) is 1.59. The number of hydrogen-bond donors (Lipinski definition) is 0. The van der Waals surface area contributed by atoms with Gasteiger partial charge in [0.1, 0.15) is 0 Å². The first-order valence-corrected chi connectivity index (χ1v) is 10.1. The molecule has 2 aromatic carbocycles. The topological polar surface area (TPSA) is 51.1 Å². The molecule has 5 nitrogen and oxygen atoms in total. The van der Waals surface area contributed by atoms with Gasteiger partial charge >= 0.3 is 0 Å². The molecule has 0 N–H and O–H groups in total. The van der Waals surface area contributed by atoms with Crippen molar-refractivity contribution in [1.82, 2.24) is 4.90 Å². The van der Waals surface area contributed by atoms with Crippen LogP contribution in [-0.4, -0.2) is 29.8 Å². The van der Waals surface area contributed by atoms with E-state index in [0.29, 0.717) is 42.9 Å². The molecule has 0 atom stereocenters. The third-order valence-corrected chi connectivity index (χ3v) is 6.53. The molecule has 2 aromatic rings. The summed E-state index contributed by atoms with van der Waals surface area (Å²) < 4.78 is 11.5. The van der Waals surface area contributed by atoms with Crippen molar-refractivity contribution in [3.63, 3.8) is 0 Å². The van der Waals surface area contributed by atoms with Crippen molar-refractivity contribution in [3.8, 4) is 11.5 Å². The number of ether oxygens (including phenoxy) is 2. The summed E-state index contributed by atoms with van der Waals surface area (Å²) in [6, 6.07) is 8.80. The zero-order valence-electron chi connectivity index (χ0n) is 13.8. The summed E-state index contributed by atoms with van der Waals surface area (Å²) in [6.45, 7) is 0.161. The van der Waals surface area contributed by atoms with E-state index in [1.807, 2.05) is 12.1 Å². The van der Waals surface area contributed by atoms with E-state index in [9.17, 15) is 4.79 Å². The number of carbonyl (C=O) groups excluding carboxylic acids is 1. The largest absolute Gasteiger partial charge is 0.454 e. The van der Waals surface area contributed by atoms with Gasteiger partial charge in [0, 0.05) is 17.6 Å². The lowest BCUT2D eigenvalue weighted by molar-refractivity contribution is -0.121. The van der Waals surface area contributed by atoms with E-state index >= 15 is 0 Å². The first-order valence-electron chi connectivity index (χ1n) is 7.73. The molecule has 4 rings (SSSR count). The monoisotopic (exact) mass is 484 g/mol. The standard InChI is InChI=1S/C18H11BrCl2N2O3S/c1-23-17(24)16(5-9-4-14-15(7-12(9)20)26-8-25-14)27-18(23)22-10-2-3-11(19)13(21)6-10/h2-7H,8H2,1H3/b16-5+,22-18?. The Hall–Kier alpha value is -1.67. The lowest BCUT2D eigenvalue weighted by Crippen LogP contribution is -2.23. The van der Waals surface area contributed by atoms with Crippen molar-refractivity contribution in [2.24, 2.45) is 4.99 Å². The molecule has 0 saturated carbocycles. The first-order chi connectivity index (χ1) is 12.9. The molecular weight excluding hydrogens is 475 g/mol. The van der Waals surface area contributed by atoms with Gasteiger partial charge < -0.3 is 9.47 Å². The van der Waals surface area contributed by atoms with Crippen LogP contribution in [-0.2, 0) is 4.79 Å². The quantitative estimate of drug-likeness (QED) is 0.510. The van der Waals surface area contributed by atoms with Gasteiger partial charge in [-0.1, -0.05) is 23.2 Å². The number of fused-ring (bicyclic) bond motifs is 1. The average molecular weight is 486 g/mol. The maximum Gasteiger partial charge on any atom is 0.266 e. The fraction of sp³-hybridized carbons (Fsp3) is 0.111. The Bertz CT molecular complexity index is 1030. The molecule has 0 unspecified atom stereocenters. The highest BCUT2D eigenvalue weighted by Gasteiger charge is 2.31. The summed E-state index contributed by atoms with van der Waals surface area (Å²) in [5.74, 6) is 1.04. The number of benzene rings is 2. The Morgan fingerprint density at radius 2 is 1.93 bits per heavy atom. The van der Waals surface area contributed by atoms with E-state index in [-0.39, 0.29) is 12.7 Å². The van der Waals surface area contributed by atoms with E-state index in [1.165, 1.54) is 16.7 Å². The second kappa shape index (κ2) is 7.39. The fourth-order valence-electron chi connectivity index (χ4n) is 2.50. The number of hydrogen-bond acceptors (Lipinski definition) is 5. The van der Waals surface area contributed by atoms with Crippen LogP contribution in [0, 0.1) is 0 Å². The van der Waals surface area contributed by atoms with Crippen LogP contribution < -0.4 is 9.47 Å². The molecule has 0 aliphatic carbocycles. The van der Waals surface area contributed by atoms with Crippen molar-refractivity contribution in [3.05, 3.63) is 55.3 Å². The SMILES string of the molecule is CN1C(=O)/C(=C\c2cc3c(cc2Cl)OCO3)SC1=Nc1ccc(Br)c(Cl)c1. The first kappa shape index (κ1) is 18.7. The molecule has 0 bridgehead atoms. The van der Waals surface area contributed by atoms with Crippen molar-refractivity contribution in [1.29, 1.82) is 0 Å². The molecule has 2 heterocycles. The molecule has 27 heavy (non-hydrogen) atoms. The maximum atomic E-state index is 12.6. The van der Waals surface area contributed by atoms with Crippen LogP contribution in [0.3, 0.4) is 0 Å². The van der Waals surface area contributed by atoms with Crippen LogP contribution in [0.5, 0.6) is 11.5 Å². The molecule has 1 fully saturated rings. The van der Waals surface area contributed by atoms with Gasteiger partial charge in [0.15, 0.2) is 16.7 Å². The minimum absolute atomic E-state index is 0.157. The molecule has 2 aliphatic heterocycles. The second-order valence-corrected chi connectivity index (χ2v) is 8.37. The number of carbonyl (C=O) groups is 1. The van der Waals surface area contributed by atoms with E-state index in [0.717, 1.165) is 4.47 Å². The molecular formula is C18H11BrCl2N2O3S. The number of amides is 1. The van der Waals surface area contributed by atoms with Crippen LogP contribution in [0.1, 0.15) is 5.56 Å². The third kappa shape index (κ3) is 3.69. The highest BCUT2D eigenvalue weighted by molar-refractivity contribution is 9.10. The number of likely N-dealkylation sites (N-methyl/N-ethyl adjacent to an activating group) is 1. The van der Waals surface area contributed by atoms with Gasteiger partial charge in [0.2, 0.25) is 6.79 Å². The summed E-state index contributed by atoms with van der Waals surface area (Å²) in [5.41, 5.74) is 1.34. The normalized spacial score (nSPS) is 18.8. The van der Waals surface area contributed by atoms with Gasteiger partial charge in [-0.3, -0.25) is 9.69 Å². The van der Waals surface area contributed by atoms with Gasteiger partial charge in [-0.05, 0) is 63.6 Å². The van der Waals surface area contributed by atoms with Gasteiger partial charge in [0.05, 0.1) is 20.6 Å². The molecule has 138 valence electrons. The lowest BCUT2D eigenvalue weighted by atomic mass is 10.2. The van der Waals surface area contributed by atoms with E-state index < -0.39 is 0 Å². The Balaban J connectivity index is 1.66. The minimum atomic E-state index is -0.157. The number of nitrogens with zero attached hydrogens (tertiary/aromatic N) is 2.